The summed E-state index contributed by atoms with van der Waals surface area (Å²) >= 11 is 0. The lowest BCUT2D eigenvalue weighted by atomic mass is 10.2. The Kier molecular flexibility index (Phi) is 1.84. The van der Waals surface area contributed by atoms with Gasteiger partial charge in [0, 0.05) is 18.9 Å². The highest BCUT2D eigenvalue weighted by Gasteiger charge is 2.11. The Morgan fingerprint density at radius 1 is 1.38 bits per heavy atom. The lowest BCUT2D eigenvalue weighted by Crippen LogP contribution is -1.90. The van der Waals surface area contributed by atoms with E-state index in [0.717, 1.165) is 34.5 Å². The van der Waals surface area contributed by atoms with Gasteiger partial charge in [0.25, 0.3) is 0 Å². The van der Waals surface area contributed by atoms with Crippen molar-refractivity contribution in [3.05, 3.63) is 29.8 Å². The van der Waals surface area contributed by atoms with Crippen LogP contribution < -0.4 is 0 Å². The fourth-order valence-corrected chi connectivity index (χ4v) is 2.17. The molecule has 0 atom stereocenters. The minimum atomic E-state index is 0.924. The monoisotopic (exact) mass is 214 g/mol. The van der Waals surface area contributed by atoms with E-state index >= 15 is 0 Å². The first-order valence-corrected chi connectivity index (χ1v) is 5.55. The zero-order valence-corrected chi connectivity index (χ0v) is 9.74. The number of rotatable bonds is 1. The van der Waals surface area contributed by atoms with E-state index in [1.165, 1.54) is 5.52 Å². The van der Waals surface area contributed by atoms with Crippen molar-refractivity contribution in [3.8, 4) is 0 Å². The topological polar surface area (TPSA) is 31.0 Å². The van der Waals surface area contributed by atoms with Crippen molar-refractivity contribution in [2.24, 2.45) is 7.05 Å². The summed E-state index contributed by atoms with van der Waals surface area (Å²) in [5.74, 6) is 2.06. The summed E-state index contributed by atoms with van der Waals surface area (Å²) in [5.41, 5.74) is 3.15. The summed E-state index contributed by atoms with van der Waals surface area (Å²) in [6.45, 7) is 4.12. The molecule has 0 saturated carbocycles. The number of aryl methyl sites for hydroxylation is 3. The van der Waals surface area contributed by atoms with Gasteiger partial charge in [0.05, 0.1) is 11.0 Å². The van der Waals surface area contributed by atoms with Crippen molar-refractivity contribution in [3.63, 3.8) is 0 Å². The molecule has 3 rings (SSSR count). The molecule has 3 aromatic rings. The largest absolute Gasteiger partial charge is 0.461 e. The Morgan fingerprint density at radius 2 is 2.19 bits per heavy atom. The molecule has 0 bridgehead atoms. The van der Waals surface area contributed by atoms with E-state index in [4.69, 9.17) is 4.42 Å². The van der Waals surface area contributed by atoms with Crippen molar-refractivity contribution in [2.75, 3.05) is 0 Å². The highest BCUT2D eigenvalue weighted by molar-refractivity contribution is 6.02. The second-order valence-electron chi connectivity index (χ2n) is 4.13. The predicted octanol–water partition coefficient (Wildman–Crippen LogP) is 3.19. The maximum Gasteiger partial charge on any atom is 0.136 e. The summed E-state index contributed by atoms with van der Waals surface area (Å²) in [6.07, 6.45) is 0.924. The predicted molar refractivity (Wildman–Crippen MR) is 64.6 cm³/mol. The van der Waals surface area contributed by atoms with Gasteiger partial charge in [-0.3, -0.25) is 0 Å². The molecule has 0 saturated heterocycles. The second-order valence-corrected chi connectivity index (χ2v) is 4.13. The average molecular weight is 214 g/mol. The molecule has 0 aliphatic rings. The quantitative estimate of drug-likeness (QED) is 0.623. The smallest absolute Gasteiger partial charge is 0.136 e. The van der Waals surface area contributed by atoms with Crippen LogP contribution in [0.4, 0.5) is 0 Å². The van der Waals surface area contributed by atoms with Gasteiger partial charge < -0.3 is 8.98 Å². The van der Waals surface area contributed by atoms with Crippen molar-refractivity contribution >= 4 is 22.0 Å². The normalized spacial score (nSPS) is 11.7. The maximum atomic E-state index is 5.75. The number of imidazole rings is 1. The number of nitrogens with zero attached hydrogens (tertiary/aromatic N) is 2. The van der Waals surface area contributed by atoms with Crippen LogP contribution in [0.5, 0.6) is 0 Å². The Hall–Kier alpha value is -1.77. The third kappa shape index (κ3) is 1.11. The van der Waals surface area contributed by atoms with Crippen LogP contribution in [0.1, 0.15) is 18.5 Å². The third-order valence-electron chi connectivity index (χ3n) is 3.15. The molecule has 0 fully saturated rings. The molecule has 0 spiro atoms. The van der Waals surface area contributed by atoms with Crippen molar-refractivity contribution in [2.45, 2.75) is 20.3 Å². The molecular weight excluding hydrogens is 200 g/mol. The second kappa shape index (κ2) is 3.11. The van der Waals surface area contributed by atoms with E-state index in [1.54, 1.807) is 0 Å². The van der Waals surface area contributed by atoms with Gasteiger partial charge in [0.2, 0.25) is 0 Å². The lowest BCUT2D eigenvalue weighted by molar-refractivity contribution is 0.557. The zero-order chi connectivity index (χ0) is 11.3. The van der Waals surface area contributed by atoms with Gasteiger partial charge in [-0.15, -0.1) is 0 Å². The molecule has 0 radical (unpaired) electrons. The summed E-state index contributed by atoms with van der Waals surface area (Å²) in [7, 11) is 2.04. The number of hydrogen-bond acceptors (Lipinski definition) is 2. The fraction of sp³-hybridized carbons (Fsp3) is 0.308. The number of furan rings is 1. The third-order valence-corrected chi connectivity index (χ3v) is 3.15. The molecule has 0 aliphatic carbocycles. The van der Waals surface area contributed by atoms with Gasteiger partial charge in [-0.25, -0.2) is 4.98 Å². The van der Waals surface area contributed by atoms with Crippen molar-refractivity contribution in [1.29, 1.82) is 0 Å². The first-order chi connectivity index (χ1) is 7.70. The zero-order valence-electron chi connectivity index (χ0n) is 9.74. The minimum absolute atomic E-state index is 0.924. The molecule has 0 amide bonds. The van der Waals surface area contributed by atoms with Crippen LogP contribution in [0, 0.1) is 6.92 Å². The van der Waals surface area contributed by atoms with E-state index in [-0.39, 0.29) is 0 Å². The highest BCUT2D eigenvalue weighted by atomic mass is 16.3. The molecule has 2 heterocycles. The number of aromatic nitrogens is 2. The summed E-state index contributed by atoms with van der Waals surface area (Å²) in [5, 5.41) is 1.16. The minimum Gasteiger partial charge on any atom is -0.461 e. The Morgan fingerprint density at radius 3 is 2.94 bits per heavy atom. The van der Waals surface area contributed by atoms with E-state index in [2.05, 4.69) is 22.5 Å². The van der Waals surface area contributed by atoms with Crippen LogP contribution in [0.3, 0.4) is 0 Å². The fourth-order valence-electron chi connectivity index (χ4n) is 2.17. The Labute approximate surface area is 93.7 Å². The Bertz CT molecular complexity index is 676. The molecular formula is C13H14N2O. The van der Waals surface area contributed by atoms with E-state index in [0.29, 0.717) is 0 Å². The summed E-state index contributed by atoms with van der Waals surface area (Å²) in [6, 6.07) is 6.15. The van der Waals surface area contributed by atoms with Gasteiger partial charge in [0.15, 0.2) is 0 Å². The van der Waals surface area contributed by atoms with Crippen molar-refractivity contribution < 1.29 is 4.42 Å². The molecule has 2 aromatic heterocycles. The standard InChI is InChI=1S/C13H14N2O/c1-4-9-7-10-12(16-9)6-5-11-13(10)15(3)8(2)14-11/h5-7H,4H2,1-3H3. The van der Waals surface area contributed by atoms with Crippen LogP contribution in [0.25, 0.3) is 22.0 Å². The molecule has 3 heteroatoms. The number of benzene rings is 1. The van der Waals surface area contributed by atoms with Gasteiger partial charge in [0.1, 0.15) is 17.2 Å². The Balaban J connectivity index is 2.51. The molecule has 82 valence electrons. The molecule has 0 unspecified atom stereocenters. The van der Waals surface area contributed by atoms with E-state index < -0.39 is 0 Å². The van der Waals surface area contributed by atoms with Crippen LogP contribution >= 0.6 is 0 Å². The van der Waals surface area contributed by atoms with E-state index in [1.807, 2.05) is 26.1 Å². The average Bonchev–Trinajstić information content (AvgIpc) is 2.81. The van der Waals surface area contributed by atoms with Gasteiger partial charge in [-0.1, -0.05) is 6.92 Å². The first kappa shape index (κ1) is 9.46. The van der Waals surface area contributed by atoms with E-state index in [9.17, 15) is 0 Å². The van der Waals surface area contributed by atoms with Crippen molar-refractivity contribution in [1.82, 2.24) is 9.55 Å². The van der Waals surface area contributed by atoms with Crippen LogP contribution in [-0.4, -0.2) is 9.55 Å². The van der Waals surface area contributed by atoms with Gasteiger partial charge in [-0.2, -0.15) is 0 Å². The molecule has 1 aromatic carbocycles. The van der Waals surface area contributed by atoms with Crippen LogP contribution in [-0.2, 0) is 13.5 Å². The lowest BCUT2D eigenvalue weighted by Gasteiger charge is -1.96. The SMILES string of the molecule is CCc1cc2c(ccc3nc(C)n(C)c32)o1. The van der Waals surface area contributed by atoms with Gasteiger partial charge >= 0.3 is 0 Å². The molecule has 3 nitrogen and oxygen atoms in total. The maximum absolute atomic E-state index is 5.75. The number of hydrogen-bond donors (Lipinski definition) is 0. The van der Waals surface area contributed by atoms with Crippen LogP contribution in [0.15, 0.2) is 22.6 Å². The van der Waals surface area contributed by atoms with Gasteiger partial charge in [-0.05, 0) is 25.1 Å². The first-order valence-electron chi connectivity index (χ1n) is 5.55. The number of fused-ring (bicyclic) bond motifs is 3. The summed E-state index contributed by atoms with van der Waals surface area (Å²) in [4.78, 5) is 4.52. The molecule has 16 heavy (non-hydrogen) atoms. The summed E-state index contributed by atoms with van der Waals surface area (Å²) < 4.78 is 7.87. The molecule has 0 N–H and O–H groups in total. The molecule has 0 aliphatic heterocycles. The van der Waals surface area contributed by atoms with Crippen LogP contribution in [0.2, 0.25) is 0 Å². The highest BCUT2D eigenvalue weighted by Crippen LogP contribution is 2.28.